The van der Waals surface area contributed by atoms with Crippen molar-refractivity contribution in [2.45, 2.75) is 38.4 Å². The Morgan fingerprint density at radius 2 is 1.64 bits per heavy atom. The molecule has 0 aromatic heterocycles. The van der Waals surface area contributed by atoms with E-state index in [1.807, 2.05) is 0 Å². The Bertz CT molecular complexity index is 128. The Labute approximate surface area is 67.9 Å². The van der Waals surface area contributed by atoms with Crippen LogP contribution < -0.4 is 0 Å². The molecule has 0 unspecified atom stereocenters. The van der Waals surface area contributed by atoms with Crippen molar-refractivity contribution in [1.82, 2.24) is 0 Å². The first-order chi connectivity index (χ1) is 5.31. The molecule has 0 aromatic rings. The smallest absolute Gasteiger partial charge is 0.168 e. The monoisotopic (exact) mass is 155 g/mol. The molecule has 1 radical (unpaired) electrons. The van der Waals surface area contributed by atoms with Gasteiger partial charge in [0.2, 0.25) is 0 Å². The lowest BCUT2D eigenvalue weighted by atomic mass is 10.1. The van der Waals surface area contributed by atoms with Crippen molar-refractivity contribution in [3.8, 4) is 0 Å². The summed E-state index contributed by atoms with van der Waals surface area (Å²) in [5, 5.41) is 0. The summed E-state index contributed by atoms with van der Waals surface area (Å²) >= 11 is 0. The number of hydrogen-bond acceptors (Lipinski definition) is 2. The maximum atomic E-state index is 5.68. The Balaban J connectivity index is 1.94. The fourth-order valence-corrected chi connectivity index (χ4v) is 1.80. The lowest BCUT2D eigenvalue weighted by molar-refractivity contribution is -0.253. The van der Waals surface area contributed by atoms with Crippen molar-refractivity contribution in [2.24, 2.45) is 0 Å². The largest absolute Gasteiger partial charge is 0.349 e. The average molecular weight is 155 g/mol. The van der Waals surface area contributed by atoms with Crippen LogP contribution in [-0.2, 0) is 9.47 Å². The van der Waals surface area contributed by atoms with Crippen LogP contribution in [0.15, 0.2) is 0 Å². The molecule has 2 fully saturated rings. The zero-order valence-electron chi connectivity index (χ0n) is 7.06. The third kappa shape index (κ3) is 1.42. The molecule has 2 nitrogen and oxygen atoms in total. The second-order valence-electron chi connectivity index (χ2n) is 3.65. The summed E-state index contributed by atoms with van der Waals surface area (Å²) < 4.78 is 11.4. The summed E-state index contributed by atoms with van der Waals surface area (Å²) in [6, 6.07) is 0. The van der Waals surface area contributed by atoms with Gasteiger partial charge in [-0.05, 0) is 12.8 Å². The summed E-state index contributed by atoms with van der Waals surface area (Å²) in [5.74, 6) is 1.14. The molecular weight excluding hydrogens is 140 g/mol. The van der Waals surface area contributed by atoms with Gasteiger partial charge in [-0.2, -0.15) is 0 Å². The highest BCUT2D eigenvalue weighted by Crippen LogP contribution is 2.37. The molecule has 1 saturated carbocycles. The molecular formula is C9H15O2. The van der Waals surface area contributed by atoms with Crippen LogP contribution in [-0.4, -0.2) is 19.0 Å². The van der Waals surface area contributed by atoms with Gasteiger partial charge in [0.1, 0.15) is 0 Å². The van der Waals surface area contributed by atoms with E-state index in [2.05, 4.69) is 6.92 Å². The fraction of sp³-hybridized carbons (Fsp3) is 0.889. The molecule has 1 aliphatic carbocycles. The first kappa shape index (κ1) is 7.56. The van der Waals surface area contributed by atoms with E-state index in [4.69, 9.17) is 9.47 Å². The topological polar surface area (TPSA) is 18.5 Å². The van der Waals surface area contributed by atoms with E-state index < -0.39 is 0 Å². The van der Waals surface area contributed by atoms with E-state index in [1.54, 1.807) is 0 Å². The van der Waals surface area contributed by atoms with E-state index in [1.165, 1.54) is 18.8 Å². The van der Waals surface area contributed by atoms with Crippen LogP contribution in [0.2, 0.25) is 0 Å². The van der Waals surface area contributed by atoms with E-state index in [0.717, 1.165) is 26.1 Å². The van der Waals surface area contributed by atoms with Gasteiger partial charge in [0, 0.05) is 18.8 Å². The van der Waals surface area contributed by atoms with E-state index in [-0.39, 0.29) is 5.79 Å². The molecule has 1 aliphatic heterocycles. The molecule has 1 saturated heterocycles. The van der Waals surface area contributed by atoms with Gasteiger partial charge < -0.3 is 9.47 Å². The van der Waals surface area contributed by atoms with Crippen molar-refractivity contribution in [3.63, 3.8) is 0 Å². The number of ether oxygens (including phenoxy) is 2. The minimum absolute atomic E-state index is 0.167. The molecule has 0 aromatic carbocycles. The summed E-state index contributed by atoms with van der Waals surface area (Å²) in [5.41, 5.74) is 0. The molecule has 2 heteroatoms. The van der Waals surface area contributed by atoms with Gasteiger partial charge in [-0.25, -0.2) is 0 Å². The first-order valence-corrected chi connectivity index (χ1v) is 4.40. The van der Waals surface area contributed by atoms with Gasteiger partial charge >= 0.3 is 0 Å². The van der Waals surface area contributed by atoms with Crippen LogP contribution >= 0.6 is 0 Å². The third-order valence-corrected chi connectivity index (χ3v) is 2.53. The second-order valence-corrected chi connectivity index (χ2v) is 3.65. The molecule has 1 heterocycles. The average Bonchev–Trinajstić information content (AvgIpc) is 2.45. The quantitative estimate of drug-likeness (QED) is 0.532. The molecule has 63 valence electrons. The SMILES string of the molecule is C[C]1COC2(CCCC2)OC1. The van der Waals surface area contributed by atoms with Crippen molar-refractivity contribution < 1.29 is 9.47 Å². The summed E-state index contributed by atoms with van der Waals surface area (Å²) in [6.07, 6.45) is 4.72. The Kier molecular flexibility index (Phi) is 1.90. The predicted molar refractivity (Wildman–Crippen MR) is 42.0 cm³/mol. The molecule has 2 rings (SSSR count). The standard InChI is InChI=1S/C9H15O2/c1-8-6-10-9(11-7-8)4-2-3-5-9/h2-7H2,1H3. The fourth-order valence-electron chi connectivity index (χ4n) is 1.80. The highest BCUT2D eigenvalue weighted by atomic mass is 16.7. The highest BCUT2D eigenvalue weighted by molar-refractivity contribution is 4.91. The molecule has 0 bridgehead atoms. The van der Waals surface area contributed by atoms with Gasteiger partial charge in [0.05, 0.1) is 13.2 Å². The molecule has 2 aliphatic rings. The van der Waals surface area contributed by atoms with Crippen LogP contribution in [0, 0.1) is 5.92 Å². The van der Waals surface area contributed by atoms with Gasteiger partial charge in [-0.3, -0.25) is 0 Å². The van der Waals surface area contributed by atoms with E-state index in [9.17, 15) is 0 Å². The summed E-state index contributed by atoms with van der Waals surface area (Å²) in [6.45, 7) is 3.70. The van der Waals surface area contributed by atoms with Crippen molar-refractivity contribution in [1.29, 1.82) is 0 Å². The van der Waals surface area contributed by atoms with Crippen LogP contribution in [0.3, 0.4) is 0 Å². The Hall–Kier alpha value is -0.0800. The molecule has 0 N–H and O–H groups in total. The maximum Gasteiger partial charge on any atom is 0.168 e. The number of hydrogen-bond donors (Lipinski definition) is 0. The Morgan fingerprint density at radius 3 is 2.18 bits per heavy atom. The maximum absolute atomic E-state index is 5.68. The molecule has 1 spiro atoms. The van der Waals surface area contributed by atoms with Crippen LogP contribution in [0.25, 0.3) is 0 Å². The zero-order valence-corrected chi connectivity index (χ0v) is 7.06. The Morgan fingerprint density at radius 1 is 1.09 bits per heavy atom. The minimum atomic E-state index is -0.167. The van der Waals surface area contributed by atoms with Crippen molar-refractivity contribution in [3.05, 3.63) is 5.92 Å². The zero-order chi connectivity index (χ0) is 7.73. The highest BCUT2D eigenvalue weighted by Gasteiger charge is 2.39. The lowest BCUT2D eigenvalue weighted by Gasteiger charge is -2.36. The van der Waals surface area contributed by atoms with Gasteiger partial charge in [-0.1, -0.05) is 6.92 Å². The van der Waals surface area contributed by atoms with Crippen molar-refractivity contribution in [2.75, 3.05) is 13.2 Å². The number of rotatable bonds is 0. The molecule has 11 heavy (non-hydrogen) atoms. The minimum Gasteiger partial charge on any atom is -0.349 e. The first-order valence-electron chi connectivity index (χ1n) is 4.40. The van der Waals surface area contributed by atoms with Crippen LogP contribution in [0.4, 0.5) is 0 Å². The second kappa shape index (κ2) is 2.76. The van der Waals surface area contributed by atoms with Crippen LogP contribution in [0.1, 0.15) is 32.6 Å². The molecule has 0 amide bonds. The summed E-state index contributed by atoms with van der Waals surface area (Å²) in [4.78, 5) is 0. The summed E-state index contributed by atoms with van der Waals surface area (Å²) in [7, 11) is 0. The van der Waals surface area contributed by atoms with E-state index >= 15 is 0 Å². The van der Waals surface area contributed by atoms with Gasteiger partial charge in [0.25, 0.3) is 0 Å². The van der Waals surface area contributed by atoms with E-state index in [0.29, 0.717) is 0 Å². The van der Waals surface area contributed by atoms with Gasteiger partial charge in [-0.15, -0.1) is 0 Å². The normalized spacial score (nSPS) is 31.4. The predicted octanol–water partition coefficient (Wildman–Crippen LogP) is 1.90. The van der Waals surface area contributed by atoms with Crippen molar-refractivity contribution >= 4 is 0 Å². The molecule has 0 atom stereocenters. The van der Waals surface area contributed by atoms with Gasteiger partial charge in [0.15, 0.2) is 5.79 Å². The third-order valence-electron chi connectivity index (χ3n) is 2.53. The van der Waals surface area contributed by atoms with Crippen LogP contribution in [0.5, 0.6) is 0 Å². The lowest BCUT2D eigenvalue weighted by Crippen LogP contribution is -2.40.